The van der Waals surface area contributed by atoms with Crippen molar-refractivity contribution in [2.45, 2.75) is 19.0 Å². The van der Waals surface area contributed by atoms with Crippen LogP contribution in [0.4, 0.5) is 5.69 Å². The van der Waals surface area contributed by atoms with Gasteiger partial charge in [-0.2, -0.15) is 4.31 Å². The summed E-state index contributed by atoms with van der Waals surface area (Å²) >= 11 is 0. The third kappa shape index (κ3) is 5.04. The maximum absolute atomic E-state index is 12.4. The Balaban J connectivity index is 2.40. The van der Waals surface area contributed by atoms with Crippen LogP contribution in [-0.4, -0.2) is 38.1 Å². The summed E-state index contributed by atoms with van der Waals surface area (Å²) in [5, 5.41) is 0. The zero-order valence-corrected chi connectivity index (χ0v) is 15.1. The predicted molar refractivity (Wildman–Crippen MR) is 97.2 cm³/mol. The van der Waals surface area contributed by atoms with Gasteiger partial charge in [-0.3, -0.25) is 4.79 Å². The first kappa shape index (κ1) is 19.0. The Bertz CT molecular complexity index is 822. The predicted octanol–water partition coefficient (Wildman–Crippen LogP) is 1.81. The Morgan fingerprint density at radius 1 is 1.12 bits per heavy atom. The maximum Gasteiger partial charge on any atom is 0.324 e. The molecule has 0 aromatic heterocycles. The molecule has 7 heteroatoms. The first-order valence-electron chi connectivity index (χ1n) is 7.75. The van der Waals surface area contributed by atoms with Crippen molar-refractivity contribution in [2.24, 2.45) is 0 Å². The molecule has 6 nitrogen and oxygen atoms in total. The second-order valence-corrected chi connectivity index (χ2v) is 7.67. The number of nitrogens with two attached hydrogens (primary N) is 1. The molecule has 25 heavy (non-hydrogen) atoms. The van der Waals surface area contributed by atoms with E-state index < -0.39 is 22.0 Å². The molecule has 0 saturated heterocycles. The fraction of sp³-hybridized carbons (Fsp3) is 0.278. The Labute approximate surface area is 148 Å². The van der Waals surface area contributed by atoms with E-state index in [-0.39, 0.29) is 13.0 Å². The first-order chi connectivity index (χ1) is 11.8. The molecule has 0 saturated carbocycles. The van der Waals surface area contributed by atoms with Crippen LogP contribution in [0.15, 0.2) is 54.6 Å². The summed E-state index contributed by atoms with van der Waals surface area (Å²) < 4.78 is 30.7. The van der Waals surface area contributed by atoms with E-state index in [2.05, 4.69) is 0 Å². The van der Waals surface area contributed by atoms with E-state index in [1.165, 1.54) is 7.11 Å². The van der Waals surface area contributed by atoms with Crippen LogP contribution in [0, 0.1) is 0 Å². The number of esters is 1. The molecular weight excluding hydrogens is 340 g/mol. The van der Waals surface area contributed by atoms with Crippen LogP contribution in [0.1, 0.15) is 11.1 Å². The smallest absolute Gasteiger partial charge is 0.324 e. The van der Waals surface area contributed by atoms with Gasteiger partial charge in [0.15, 0.2) is 0 Å². The minimum atomic E-state index is -3.68. The van der Waals surface area contributed by atoms with Gasteiger partial charge in [-0.25, -0.2) is 8.42 Å². The quantitative estimate of drug-likeness (QED) is 0.599. The van der Waals surface area contributed by atoms with Crippen LogP contribution in [-0.2, 0) is 32.5 Å². The van der Waals surface area contributed by atoms with Crippen molar-refractivity contribution in [2.75, 3.05) is 19.1 Å². The third-order valence-electron chi connectivity index (χ3n) is 3.90. The normalized spacial score (nSPS) is 12.8. The number of nitrogens with zero attached hydrogens (tertiary/aromatic N) is 1. The molecule has 0 amide bonds. The van der Waals surface area contributed by atoms with E-state index >= 15 is 0 Å². The summed E-state index contributed by atoms with van der Waals surface area (Å²) in [6.45, 7) is -0.00188. The van der Waals surface area contributed by atoms with Crippen LogP contribution in [0.25, 0.3) is 0 Å². The number of hydrogen-bond donors (Lipinski definition) is 1. The largest absolute Gasteiger partial charge is 0.468 e. The molecule has 134 valence electrons. The van der Waals surface area contributed by atoms with E-state index in [1.807, 2.05) is 30.3 Å². The van der Waals surface area contributed by atoms with Gasteiger partial charge in [-0.1, -0.05) is 48.5 Å². The highest BCUT2D eigenvalue weighted by Crippen LogP contribution is 2.20. The van der Waals surface area contributed by atoms with Crippen molar-refractivity contribution < 1.29 is 17.9 Å². The van der Waals surface area contributed by atoms with Gasteiger partial charge in [0.25, 0.3) is 0 Å². The van der Waals surface area contributed by atoms with Crippen molar-refractivity contribution in [1.82, 2.24) is 4.31 Å². The van der Waals surface area contributed by atoms with Crippen LogP contribution >= 0.6 is 0 Å². The fourth-order valence-corrected chi connectivity index (χ4v) is 3.58. The van der Waals surface area contributed by atoms with Crippen molar-refractivity contribution in [1.29, 1.82) is 0 Å². The average Bonchev–Trinajstić information content (AvgIpc) is 2.58. The summed E-state index contributed by atoms with van der Waals surface area (Å²) in [6, 6.07) is 15.2. The average molecular weight is 362 g/mol. The minimum Gasteiger partial charge on any atom is -0.468 e. The molecule has 0 aliphatic carbocycles. The molecule has 2 aromatic rings. The van der Waals surface area contributed by atoms with Gasteiger partial charge in [0.2, 0.25) is 10.0 Å². The number of nitrogen functional groups attached to an aromatic ring is 1. The lowest BCUT2D eigenvalue weighted by Crippen LogP contribution is -2.46. The fourth-order valence-electron chi connectivity index (χ4n) is 2.58. The van der Waals surface area contributed by atoms with Gasteiger partial charge >= 0.3 is 5.97 Å². The van der Waals surface area contributed by atoms with Crippen LogP contribution in [0.3, 0.4) is 0 Å². The van der Waals surface area contributed by atoms with Crippen molar-refractivity contribution in [3.63, 3.8) is 0 Å². The molecule has 0 aliphatic rings. The number of sulfonamides is 1. The maximum atomic E-state index is 12.4. The van der Waals surface area contributed by atoms with Gasteiger partial charge < -0.3 is 10.5 Å². The standard InChI is InChI=1S/C18H22N2O4S/c1-24-18(21)17(12-14-8-4-3-5-9-14)20(25(2,22)23)13-15-10-6-7-11-16(15)19/h3-11,17H,12-13,19H2,1-2H3/t17-/m0/s1. The SMILES string of the molecule is COC(=O)[C@H](Cc1ccccc1)N(Cc1ccccc1N)S(C)(=O)=O. The summed E-state index contributed by atoms with van der Waals surface area (Å²) in [7, 11) is -2.43. The molecular formula is C18H22N2O4S. The molecule has 0 unspecified atom stereocenters. The molecule has 0 bridgehead atoms. The Kier molecular flexibility index (Phi) is 6.17. The molecule has 1 atom stereocenters. The van der Waals surface area contributed by atoms with Gasteiger partial charge in [-0.05, 0) is 23.6 Å². The summed E-state index contributed by atoms with van der Waals surface area (Å²) in [5.74, 6) is -0.608. The highest BCUT2D eigenvalue weighted by atomic mass is 32.2. The lowest BCUT2D eigenvalue weighted by molar-refractivity contribution is -0.145. The van der Waals surface area contributed by atoms with Gasteiger partial charge in [0.1, 0.15) is 6.04 Å². The molecule has 0 heterocycles. The summed E-state index contributed by atoms with van der Waals surface area (Å²) in [6.07, 6.45) is 1.29. The summed E-state index contributed by atoms with van der Waals surface area (Å²) in [5.41, 5.74) is 7.88. The number of methoxy groups -OCH3 is 1. The van der Waals surface area contributed by atoms with E-state index in [0.29, 0.717) is 11.3 Å². The second-order valence-electron chi connectivity index (χ2n) is 5.74. The molecule has 0 radical (unpaired) electrons. The number of carbonyl (C=O) groups is 1. The first-order valence-corrected chi connectivity index (χ1v) is 9.59. The molecule has 2 N–H and O–H groups in total. The molecule has 0 aliphatic heterocycles. The van der Waals surface area contributed by atoms with E-state index in [0.717, 1.165) is 16.1 Å². The topological polar surface area (TPSA) is 89.7 Å². The Hall–Kier alpha value is -2.38. The number of carbonyl (C=O) groups excluding carboxylic acids is 1. The van der Waals surface area contributed by atoms with E-state index in [9.17, 15) is 13.2 Å². The number of rotatable bonds is 7. The van der Waals surface area contributed by atoms with Crippen molar-refractivity contribution in [3.05, 3.63) is 65.7 Å². The second kappa shape index (κ2) is 8.13. The van der Waals surface area contributed by atoms with Crippen LogP contribution in [0.2, 0.25) is 0 Å². The lowest BCUT2D eigenvalue weighted by Gasteiger charge is -2.28. The number of para-hydroxylation sites is 1. The molecule has 0 spiro atoms. The Morgan fingerprint density at radius 2 is 1.72 bits per heavy atom. The monoisotopic (exact) mass is 362 g/mol. The van der Waals surface area contributed by atoms with Crippen molar-refractivity contribution >= 4 is 21.7 Å². The Morgan fingerprint density at radius 3 is 2.28 bits per heavy atom. The molecule has 0 fully saturated rings. The van der Waals surface area contributed by atoms with Gasteiger partial charge in [0, 0.05) is 12.2 Å². The zero-order chi connectivity index (χ0) is 18.4. The van der Waals surface area contributed by atoms with Crippen molar-refractivity contribution in [3.8, 4) is 0 Å². The number of hydrogen-bond acceptors (Lipinski definition) is 5. The lowest BCUT2D eigenvalue weighted by atomic mass is 10.1. The summed E-state index contributed by atoms with van der Waals surface area (Å²) in [4.78, 5) is 12.3. The molecule has 2 rings (SSSR count). The zero-order valence-electron chi connectivity index (χ0n) is 14.3. The molecule has 2 aromatic carbocycles. The van der Waals surface area contributed by atoms with Gasteiger partial charge in [-0.15, -0.1) is 0 Å². The van der Waals surface area contributed by atoms with E-state index in [4.69, 9.17) is 10.5 Å². The third-order valence-corrected chi connectivity index (χ3v) is 5.14. The highest BCUT2D eigenvalue weighted by Gasteiger charge is 2.33. The van der Waals surface area contributed by atoms with E-state index in [1.54, 1.807) is 24.3 Å². The number of anilines is 1. The van der Waals surface area contributed by atoms with Crippen LogP contribution < -0.4 is 5.73 Å². The minimum absolute atomic E-state index is 0.00188. The number of benzene rings is 2. The number of ether oxygens (including phenoxy) is 1. The highest BCUT2D eigenvalue weighted by molar-refractivity contribution is 7.88. The van der Waals surface area contributed by atoms with Gasteiger partial charge in [0.05, 0.1) is 13.4 Å². The van der Waals surface area contributed by atoms with Crippen LogP contribution in [0.5, 0.6) is 0 Å².